The molecule has 0 radical (unpaired) electrons. The van der Waals surface area contributed by atoms with E-state index in [1.165, 1.54) is 0 Å². The normalized spacial score (nSPS) is 18.8. The highest BCUT2D eigenvalue weighted by molar-refractivity contribution is 5.84. The summed E-state index contributed by atoms with van der Waals surface area (Å²) in [5, 5.41) is 13.5. The second-order valence-electron chi connectivity index (χ2n) is 9.79. The quantitative estimate of drug-likeness (QED) is 0.428. The van der Waals surface area contributed by atoms with E-state index >= 15 is 0 Å². The number of phenols is 1. The summed E-state index contributed by atoms with van der Waals surface area (Å²) in [6.45, 7) is 1.68. The fourth-order valence-electron chi connectivity index (χ4n) is 5.14. The lowest BCUT2D eigenvalue weighted by Crippen LogP contribution is -2.45. The molecule has 2 aliphatic heterocycles. The van der Waals surface area contributed by atoms with Crippen LogP contribution < -0.4 is 14.8 Å². The van der Waals surface area contributed by atoms with Gasteiger partial charge in [-0.15, -0.1) is 0 Å². The third-order valence-corrected chi connectivity index (χ3v) is 7.13. The van der Waals surface area contributed by atoms with Gasteiger partial charge in [0.05, 0.1) is 11.0 Å². The Kier molecular flexibility index (Phi) is 5.12. The summed E-state index contributed by atoms with van der Waals surface area (Å²) < 4.78 is 13.0. The summed E-state index contributed by atoms with van der Waals surface area (Å²) in [4.78, 5) is 28.7. The van der Waals surface area contributed by atoms with E-state index in [9.17, 15) is 9.90 Å². The molecule has 3 aliphatic rings. The van der Waals surface area contributed by atoms with Crippen molar-refractivity contribution >= 4 is 22.9 Å². The number of hydrogen-bond acceptors (Lipinski definition) is 8. The molecule has 1 aliphatic carbocycles. The number of benzene rings is 2. The molecule has 4 aromatic rings. The Labute approximate surface area is 212 Å². The summed E-state index contributed by atoms with van der Waals surface area (Å²) in [7, 11) is 0. The first kappa shape index (κ1) is 21.9. The van der Waals surface area contributed by atoms with Crippen molar-refractivity contribution in [3.63, 3.8) is 0 Å². The van der Waals surface area contributed by atoms with Crippen LogP contribution in [0.25, 0.3) is 28.2 Å². The SMILES string of the molecule is O=C(C1CC1)N1CCC[C@H](Nc2nccc(-n3c(-c4ccc5c(c4)OCO5)nc4cc(O)ccc43)n2)C1. The number of phenolic OH excluding ortho intramolecular Hbond substituents is 1. The molecule has 2 fully saturated rings. The molecule has 1 amide bonds. The molecule has 4 heterocycles. The van der Waals surface area contributed by atoms with Crippen LogP contribution in [0.15, 0.2) is 48.7 Å². The van der Waals surface area contributed by atoms with E-state index in [1.807, 2.05) is 39.8 Å². The zero-order valence-corrected chi connectivity index (χ0v) is 20.1. The molecular weight excluding hydrogens is 472 g/mol. The average Bonchev–Trinajstić information content (AvgIpc) is 3.54. The summed E-state index contributed by atoms with van der Waals surface area (Å²) >= 11 is 0. The van der Waals surface area contributed by atoms with Crippen LogP contribution in [-0.4, -0.2) is 61.4 Å². The van der Waals surface area contributed by atoms with Crippen LogP contribution in [0.4, 0.5) is 5.95 Å². The predicted molar refractivity (Wildman–Crippen MR) is 136 cm³/mol. The number of rotatable bonds is 5. The first-order valence-electron chi connectivity index (χ1n) is 12.6. The van der Waals surface area contributed by atoms with Crippen molar-refractivity contribution in [2.45, 2.75) is 31.7 Å². The number of piperidine rings is 1. The van der Waals surface area contributed by atoms with Gasteiger partial charge in [-0.1, -0.05) is 0 Å². The predicted octanol–water partition coefficient (Wildman–Crippen LogP) is 3.73. The van der Waals surface area contributed by atoms with Gasteiger partial charge in [0, 0.05) is 42.9 Å². The highest BCUT2D eigenvalue weighted by Crippen LogP contribution is 2.38. The Morgan fingerprint density at radius 3 is 2.81 bits per heavy atom. The van der Waals surface area contributed by atoms with Crippen LogP contribution in [0.5, 0.6) is 17.2 Å². The zero-order valence-electron chi connectivity index (χ0n) is 20.1. The largest absolute Gasteiger partial charge is 0.508 e. The molecule has 0 unspecified atom stereocenters. The number of aromatic hydroxyl groups is 1. The van der Waals surface area contributed by atoms with Crippen molar-refractivity contribution in [2.24, 2.45) is 5.92 Å². The number of hydrogen-bond donors (Lipinski definition) is 2. The minimum Gasteiger partial charge on any atom is -0.508 e. The minimum absolute atomic E-state index is 0.0940. The number of amides is 1. The number of carbonyl (C=O) groups excluding carboxylic acids is 1. The molecule has 2 aromatic heterocycles. The maximum Gasteiger partial charge on any atom is 0.231 e. The maximum absolute atomic E-state index is 12.6. The van der Waals surface area contributed by atoms with Crippen LogP contribution >= 0.6 is 0 Å². The smallest absolute Gasteiger partial charge is 0.231 e. The molecule has 2 N–H and O–H groups in total. The molecule has 1 saturated carbocycles. The van der Waals surface area contributed by atoms with Gasteiger partial charge in [-0.3, -0.25) is 9.36 Å². The Balaban J connectivity index is 1.24. The van der Waals surface area contributed by atoms with E-state index in [0.717, 1.165) is 43.3 Å². The third-order valence-electron chi connectivity index (χ3n) is 7.13. The van der Waals surface area contributed by atoms with Crippen LogP contribution in [0.2, 0.25) is 0 Å². The van der Waals surface area contributed by atoms with E-state index in [4.69, 9.17) is 19.4 Å². The van der Waals surface area contributed by atoms with Gasteiger partial charge in [-0.25, -0.2) is 9.97 Å². The van der Waals surface area contributed by atoms with Gasteiger partial charge in [0.2, 0.25) is 18.6 Å². The van der Waals surface area contributed by atoms with E-state index in [1.54, 1.807) is 18.3 Å². The van der Waals surface area contributed by atoms with E-state index in [2.05, 4.69) is 10.3 Å². The van der Waals surface area contributed by atoms with Crippen LogP contribution in [0.3, 0.4) is 0 Å². The van der Waals surface area contributed by atoms with Gasteiger partial charge in [0.1, 0.15) is 17.4 Å². The topological polar surface area (TPSA) is 115 Å². The summed E-state index contributed by atoms with van der Waals surface area (Å²) in [5.74, 6) is 3.79. The number of aromatic nitrogens is 4. The Bertz CT molecular complexity index is 1510. The fourth-order valence-corrected chi connectivity index (χ4v) is 5.14. The number of imidazole rings is 1. The molecule has 37 heavy (non-hydrogen) atoms. The number of nitrogens with zero attached hydrogens (tertiary/aromatic N) is 5. The number of likely N-dealkylation sites (tertiary alicyclic amines) is 1. The van der Waals surface area contributed by atoms with Crippen molar-refractivity contribution in [1.29, 1.82) is 0 Å². The summed E-state index contributed by atoms with van der Waals surface area (Å²) in [6, 6.07) is 12.7. The van der Waals surface area contributed by atoms with Gasteiger partial charge in [-0.05, 0) is 62.1 Å². The lowest BCUT2D eigenvalue weighted by Gasteiger charge is -2.33. The van der Waals surface area contributed by atoms with Gasteiger partial charge < -0.3 is 24.8 Å². The standard InChI is InChI=1S/C27H26N6O4/c34-19-6-7-21-20(13-19)30-25(17-5-8-22-23(12-17)37-15-36-22)33(21)24-9-10-28-27(31-24)29-18-2-1-11-32(14-18)26(35)16-3-4-16/h5-10,12-13,16,18,34H,1-4,11,14-15H2,(H,28,29,31)/t18-/m0/s1. The summed E-state index contributed by atoms with van der Waals surface area (Å²) in [5.41, 5.74) is 2.27. The molecule has 2 aromatic carbocycles. The lowest BCUT2D eigenvalue weighted by molar-refractivity contribution is -0.133. The molecule has 10 nitrogen and oxygen atoms in total. The van der Waals surface area contributed by atoms with Gasteiger partial charge in [0.15, 0.2) is 11.5 Å². The Morgan fingerprint density at radius 2 is 1.92 bits per heavy atom. The van der Waals surface area contributed by atoms with E-state index in [-0.39, 0.29) is 30.4 Å². The van der Waals surface area contributed by atoms with Crippen LogP contribution in [-0.2, 0) is 4.79 Å². The second-order valence-corrected chi connectivity index (χ2v) is 9.79. The first-order valence-corrected chi connectivity index (χ1v) is 12.6. The number of nitrogens with one attached hydrogen (secondary N) is 1. The Morgan fingerprint density at radius 1 is 1.03 bits per heavy atom. The molecule has 188 valence electrons. The molecule has 10 heteroatoms. The zero-order chi connectivity index (χ0) is 24.9. The molecule has 0 bridgehead atoms. The second kappa shape index (κ2) is 8.65. The van der Waals surface area contributed by atoms with Gasteiger partial charge >= 0.3 is 0 Å². The van der Waals surface area contributed by atoms with Crippen molar-refractivity contribution in [3.8, 4) is 34.5 Å². The van der Waals surface area contributed by atoms with Crippen molar-refractivity contribution in [1.82, 2.24) is 24.4 Å². The molecule has 0 spiro atoms. The highest BCUT2D eigenvalue weighted by atomic mass is 16.7. The number of ether oxygens (including phenoxy) is 2. The number of fused-ring (bicyclic) bond motifs is 2. The maximum atomic E-state index is 12.6. The van der Waals surface area contributed by atoms with E-state index in [0.29, 0.717) is 41.2 Å². The number of anilines is 1. The van der Waals surface area contributed by atoms with Crippen molar-refractivity contribution in [3.05, 3.63) is 48.7 Å². The van der Waals surface area contributed by atoms with E-state index < -0.39 is 0 Å². The van der Waals surface area contributed by atoms with Crippen molar-refractivity contribution in [2.75, 3.05) is 25.2 Å². The van der Waals surface area contributed by atoms with Gasteiger partial charge in [0.25, 0.3) is 0 Å². The minimum atomic E-state index is 0.0940. The molecule has 1 atom stereocenters. The molecule has 7 rings (SSSR count). The number of carbonyl (C=O) groups is 1. The lowest BCUT2D eigenvalue weighted by atomic mass is 10.1. The first-order chi connectivity index (χ1) is 18.1. The van der Waals surface area contributed by atoms with Gasteiger partial charge in [-0.2, -0.15) is 4.98 Å². The molecular formula is C27H26N6O4. The highest BCUT2D eigenvalue weighted by Gasteiger charge is 2.35. The van der Waals surface area contributed by atoms with Crippen LogP contribution in [0, 0.1) is 5.92 Å². The third kappa shape index (κ3) is 4.08. The fraction of sp³-hybridized carbons (Fsp3) is 0.333. The summed E-state index contributed by atoms with van der Waals surface area (Å²) in [6.07, 6.45) is 5.66. The van der Waals surface area contributed by atoms with Crippen LogP contribution in [0.1, 0.15) is 25.7 Å². The average molecular weight is 499 g/mol. The monoisotopic (exact) mass is 498 g/mol. The molecule has 1 saturated heterocycles. The van der Waals surface area contributed by atoms with Crippen molar-refractivity contribution < 1.29 is 19.4 Å². The Hall–Kier alpha value is -4.34.